The van der Waals surface area contributed by atoms with Crippen LogP contribution in [0.4, 0.5) is 0 Å². The normalized spacial score (nSPS) is 37.4. The minimum atomic E-state index is -0.577. The highest BCUT2D eigenvalue weighted by Crippen LogP contribution is 2.68. The molecule has 1 aromatic carbocycles. The largest absolute Gasteiger partial charge is 0.388 e. The number of aliphatic hydroxyl groups is 1. The van der Waals surface area contributed by atoms with E-state index in [1.165, 1.54) is 34.9 Å². The van der Waals surface area contributed by atoms with Gasteiger partial charge in [-0.2, -0.15) is 0 Å². The van der Waals surface area contributed by atoms with Crippen LogP contribution in [0, 0.1) is 16.7 Å². The Morgan fingerprint density at radius 1 is 1.24 bits per heavy atom. The fraction of sp³-hybridized carbons (Fsp3) is 0.579. The SMILES string of the molecule is CC12CCC(C1)C(C)(C)C2(O)Cc1csc2ccccc12. The molecule has 0 amide bonds. The van der Waals surface area contributed by atoms with Crippen LogP contribution in [0.1, 0.15) is 45.6 Å². The molecule has 3 unspecified atom stereocenters. The maximum atomic E-state index is 11.7. The van der Waals surface area contributed by atoms with E-state index in [1.54, 1.807) is 11.3 Å². The number of hydrogen-bond acceptors (Lipinski definition) is 2. The maximum absolute atomic E-state index is 11.7. The van der Waals surface area contributed by atoms with E-state index in [1.807, 2.05) is 0 Å². The first-order valence-electron chi connectivity index (χ1n) is 8.05. The van der Waals surface area contributed by atoms with Gasteiger partial charge in [0, 0.05) is 11.1 Å². The molecule has 1 heterocycles. The average molecular weight is 300 g/mol. The molecule has 1 N–H and O–H groups in total. The highest BCUT2D eigenvalue weighted by atomic mass is 32.1. The van der Waals surface area contributed by atoms with E-state index in [9.17, 15) is 5.11 Å². The zero-order chi connectivity index (χ0) is 14.9. The summed E-state index contributed by atoms with van der Waals surface area (Å²) in [5.41, 5.74) is 0.861. The smallest absolute Gasteiger partial charge is 0.0795 e. The van der Waals surface area contributed by atoms with Gasteiger partial charge in [0.25, 0.3) is 0 Å². The van der Waals surface area contributed by atoms with Gasteiger partial charge in [-0.3, -0.25) is 0 Å². The van der Waals surface area contributed by atoms with Crippen LogP contribution in [0.15, 0.2) is 29.6 Å². The number of thiophene rings is 1. The summed E-state index contributed by atoms with van der Waals surface area (Å²) >= 11 is 1.80. The Hall–Kier alpha value is -0.860. The van der Waals surface area contributed by atoms with Crippen molar-refractivity contribution < 1.29 is 5.11 Å². The third-order valence-corrected chi connectivity index (χ3v) is 7.85. The minimum Gasteiger partial charge on any atom is -0.388 e. The van der Waals surface area contributed by atoms with Crippen molar-refractivity contribution in [3.8, 4) is 0 Å². The second-order valence-corrected chi connectivity index (χ2v) is 8.93. The van der Waals surface area contributed by atoms with E-state index >= 15 is 0 Å². The zero-order valence-corrected chi connectivity index (χ0v) is 14.0. The highest BCUT2D eigenvalue weighted by Gasteiger charge is 2.68. The van der Waals surface area contributed by atoms with Crippen LogP contribution in [0.2, 0.25) is 0 Å². The molecule has 0 saturated heterocycles. The van der Waals surface area contributed by atoms with Gasteiger partial charge in [-0.25, -0.2) is 0 Å². The van der Waals surface area contributed by atoms with Gasteiger partial charge in [0.1, 0.15) is 0 Å². The molecule has 1 nitrogen and oxygen atoms in total. The van der Waals surface area contributed by atoms with Gasteiger partial charge in [-0.15, -0.1) is 11.3 Å². The standard InChI is InChI=1S/C19H24OS/c1-17(2)14-8-9-18(3,11-14)19(17,20)10-13-12-21-16-7-5-4-6-15(13)16/h4-7,12,14,20H,8-11H2,1-3H3. The molecule has 2 aliphatic carbocycles. The van der Waals surface area contributed by atoms with Crippen LogP contribution in [0.25, 0.3) is 10.1 Å². The summed E-state index contributed by atoms with van der Waals surface area (Å²) < 4.78 is 1.34. The van der Waals surface area contributed by atoms with Crippen molar-refractivity contribution in [3.63, 3.8) is 0 Å². The van der Waals surface area contributed by atoms with E-state index < -0.39 is 5.60 Å². The molecule has 0 radical (unpaired) electrons. The van der Waals surface area contributed by atoms with Gasteiger partial charge >= 0.3 is 0 Å². The summed E-state index contributed by atoms with van der Waals surface area (Å²) in [7, 11) is 0. The zero-order valence-electron chi connectivity index (χ0n) is 13.1. The van der Waals surface area contributed by atoms with Crippen LogP contribution in [-0.2, 0) is 6.42 Å². The van der Waals surface area contributed by atoms with E-state index in [4.69, 9.17) is 0 Å². The molecule has 2 bridgehead atoms. The fourth-order valence-corrected chi connectivity index (χ4v) is 6.20. The lowest BCUT2D eigenvalue weighted by Crippen LogP contribution is -2.55. The van der Waals surface area contributed by atoms with Gasteiger partial charge in [0.15, 0.2) is 0 Å². The summed E-state index contributed by atoms with van der Waals surface area (Å²) in [6.45, 7) is 6.89. The van der Waals surface area contributed by atoms with Crippen molar-refractivity contribution in [1.82, 2.24) is 0 Å². The quantitative estimate of drug-likeness (QED) is 0.825. The van der Waals surface area contributed by atoms with Gasteiger partial charge in [0.05, 0.1) is 5.60 Å². The van der Waals surface area contributed by atoms with Gasteiger partial charge in [-0.05, 0) is 58.4 Å². The van der Waals surface area contributed by atoms with E-state index in [0.29, 0.717) is 5.92 Å². The van der Waals surface area contributed by atoms with Crippen LogP contribution in [-0.4, -0.2) is 10.7 Å². The molecule has 0 spiro atoms. The molecular weight excluding hydrogens is 276 g/mol. The Bertz CT molecular complexity index is 694. The maximum Gasteiger partial charge on any atom is 0.0795 e. The van der Waals surface area contributed by atoms with Crippen molar-refractivity contribution in [2.24, 2.45) is 16.7 Å². The van der Waals surface area contributed by atoms with E-state index in [0.717, 1.165) is 6.42 Å². The first-order chi connectivity index (χ1) is 9.87. The second kappa shape index (κ2) is 4.11. The van der Waals surface area contributed by atoms with Crippen LogP contribution in [0.5, 0.6) is 0 Å². The number of rotatable bonds is 2. The van der Waals surface area contributed by atoms with E-state index in [2.05, 4.69) is 50.4 Å². The molecule has 2 aromatic rings. The van der Waals surface area contributed by atoms with Crippen molar-refractivity contribution in [1.29, 1.82) is 0 Å². The lowest BCUT2D eigenvalue weighted by Gasteiger charge is -2.51. The summed E-state index contributed by atoms with van der Waals surface area (Å²) in [4.78, 5) is 0. The topological polar surface area (TPSA) is 20.2 Å². The summed E-state index contributed by atoms with van der Waals surface area (Å²) in [6.07, 6.45) is 4.46. The highest BCUT2D eigenvalue weighted by molar-refractivity contribution is 7.17. The third-order valence-electron chi connectivity index (χ3n) is 6.83. The molecule has 2 fully saturated rings. The van der Waals surface area contributed by atoms with Gasteiger partial charge in [0.2, 0.25) is 0 Å². The molecule has 4 rings (SSSR count). The number of hydrogen-bond donors (Lipinski definition) is 1. The third kappa shape index (κ3) is 1.61. The summed E-state index contributed by atoms with van der Waals surface area (Å²) in [6, 6.07) is 8.59. The van der Waals surface area contributed by atoms with Crippen molar-refractivity contribution in [3.05, 3.63) is 35.2 Å². The Kier molecular flexibility index (Phi) is 2.70. The molecule has 3 atom stereocenters. The predicted octanol–water partition coefficient (Wildman–Crippen LogP) is 5.02. The Morgan fingerprint density at radius 2 is 2.00 bits per heavy atom. The average Bonchev–Trinajstić information content (AvgIpc) is 3.07. The monoisotopic (exact) mass is 300 g/mol. The van der Waals surface area contributed by atoms with Gasteiger partial charge in [-0.1, -0.05) is 39.0 Å². The van der Waals surface area contributed by atoms with Crippen LogP contribution >= 0.6 is 11.3 Å². The fourth-order valence-electron chi connectivity index (χ4n) is 5.23. The second-order valence-electron chi connectivity index (χ2n) is 8.02. The lowest BCUT2D eigenvalue weighted by molar-refractivity contribution is -0.141. The molecule has 112 valence electrons. The first kappa shape index (κ1) is 13.8. The van der Waals surface area contributed by atoms with Crippen LogP contribution < -0.4 is 0 Å². The first-order valence-corrected chi connectivity index (χ1v) is 8.93. The molecule has 0 aliphatic heterocycles. The van der Waals surface area contributed by atoms with Crippen molar-refractivity contribution >= 4 is 21.4 Å². The molecule has 1 aromatic heterocycles. The van der Waals surface area contributed by atoms with Crippen LogP contribution in [0.3, 0.4) is 0 Å². The molecular formula is C19H24OS. The molecule has 2 heteroatoms. The Morgan fingerprint density at radius 3 is 2.71 bits per heavy atom. The number of benzene rings is 1. The Balaban J connectivity index is 1.79. The molecule has 2 saturated carbocycles. The van der Waals surface area contributed by atoms with Gasteiger partial charge < -0.3 is 5.11 Å². The number of fused-ring (bicyclic) bond motifs is 3. The van der Waals surface area contributed by atoms with Crippen molar-refractivity contribution in [2.45, 2.75) is 52.1 Å². The lowest BCUT2D eigenvalue weighted by atomic mass is 9.58. The summed E-state index contributed by atoms with van der Waals surface area (Å²) in [5.74, 6) is 0.678. The molecule has 2 aliphatic rings. The summed E-state index contributed by atoms with van der Waals surface area (Å²) in [5, 5.41) is 15.3. The predicted molar refractivity (Wildman–Crippen MR) is 89.7 cm³/mol. The minimum absolute atomic E-state index is 0.0169. The Labute approximate surface area is 131 Å². The van der Waals surface area contributed by atoms with Crippen molar-refractivity contribution in [2.75, 3.05) is 0 Å². The molecule has 21 heavy (non-hydrogen) atoms. The van der Waals surface area contributed by atoms with E-state index in [-0.39, 0.29) is 10.8 Å².